The van der Waals surface area contributed by atoms with Gasteiger partial charge >= 0.3 is 0 Å². The van der Waals surface area contributed by atoms with Gasteiger partial charge in [0.05, 0.1) is 19.6 Å². The maximum Gasteiger partial charge on any atom is 0.161 e. The Labute approximate surface area is 102 Å². The zero-order valence-corrected chi connectivity index (χ0v) is 11.1. The number of methoxy groups -OCH3 is 2. The molecule has 0 spiro atoms. The number of hydrogen-bond donors (Lipinski definition) is 1. The van der Waals surface area contributed by atoms with Crippen LogP contribution in [0.5, 0.6) is 11.5 Å². The molecule has 1 atom stereocenters. The Morgan fingerprint density at radius 3 is 2.44 bits per heavy atom. The van der Waals surface area contributed by atoms with Crippen molar-refractivity contribution in [1.29, 1.82) is 0 Å². The largest absolute Gasteiger partial charge is 0.493 e. The van der Waals surface area contributed by atoms with Crippen LogP contribution in [0.4, 0.5) is 0 Å². The summed E-state index contributed by atoms with van der Waals surface area (Å²) in [4.78, 5) is 0. The van der Waals surface area contributed by atoms with Crippen LogP contribution >= 0.6 is 11.8 Å². The highest BCUT2D eigenvalue weighted by Crippen LogP contribution is 2.33. The summed E-state index contributed by atoms with van der Waals surface area (Å²) in [6, 6.07) is 6.02. The Kier molecular flexibility index (Phi) is 5.49. The summed E-state index contributed by atoms with van der Waals surface area (Å²) in [5.74, 6) is 2.61. The van der Waals surface area contributed by atoms with Crippen molar-refractivity contribution in [3.63, 3.8) is 0 Å². The molecule has 0 bridgehead atoms. The van der Waals surface area contributed by atoms with Crippen LogP contribution < -0.4 is 14.8 Å². The fourth-order valence-electron chi connectivity index (χ4n) is 1.53. The molecule has 3 nitrogen and oxygen atoms in total. The first kappa shape index (κ1) is 13.2. The fourth-order valence-corrected chi connectivity index (χ4v) is 2.37. The van der Waals surface area contributed by atoms with Crippen molar-refractivity contribution in [3.8, 4) is 11.5 Å². The highest BCUT2D eigenvalue weighted by molar-refractivity contribution is 7.99. The number of ether oxygens (including phenoxy) is 2. The maximum absolute atomic E-state index is 5.29. The van der Waals surface area contributed by atoms with E-state index < -0.39 is 0 Å². The van der Waals surface area contributed by atoms with Gasteiger partial charge in [-0.15, -0.1) is 11.8 Å². The van der Waals surface area contributed by atoms with Gasteiger partial charge in [0.1, 0.15) is 0 Å². The maximum atomic E-state index is 5.29. The van der Waals surface area contributed by atoms with E-state index in [1.54, 1.807) is 14.2 Å². The second kappa shape index (κ2) is 6.66. The Balaban J connectivity index is 2.96. The zero-order valence-electron chi connectivity index (χ0n) is 10.2. The smallest absolute Gasteiger partial charge is 0.161 e. The van der Waals surface area contributed by atoms with Crippen LogP contribution in [0.3, 0.4) is 0 Å². The van der Waals surface area contributed by atoms with E-state index in [1.807, 2.05) is 30.9 Å². The van der Waals surface area contributed by atoms with Gasteiger partial charge in [0.25, 0.3) is 0 Å². The second-order valence-corrected chi connectivity index (χ2v) is 4.62. The van der Waals surface area contributed by atoms with Gasteiger partial charge in [0.15, 0.2) is 11.5 Å². The summed E-state index contributed by atoms with van der Waals surface area (Å²) in [7, 11) is 5.26. The summed E-state index contributed by atoms with van der Waals surface area (Å²) >= 11 is 1.85. The molecular weight excluding hydrogens is 222 g/mol. The molecule has 1 rings (SSSR count). The van der Waals surface area contributed by atoms with E-state index in [0.29, 0.717) is 5.37 Å². The lowest BCUT2D eigenvalue weighted by Gasteiger charge is -2.17. The van der Waals surface area contributed by atoms with Crippen LogP contribution in [-0.2, 0) is 0 Å². The average Bonchev–Trinajstić information content (AvgIpc) is 2.35. The lowest BCUT2D eigenvalue weighted by molar-refractivity contribution is 0.354. The second-order valence-electron chi connectivity index (χ2n) is 3.24. The van der Waals surface area contributed by atoms with Crippen LogP contribution in [0.1, 0.15) is 17.9 Å². The molecule has 0 saturated carbocycles. The van der Waals surface area contributed by atoms with Crippen LogP contribution in [-0.4, -0.2) is 27.0 Å². The van der Waals surface area contributed by atoms with Gasteiger partial charge < -0.3 is 14.8 Å². The minimum absolute atomic E-state index is 0.296. The standard InChI is InChI=1S/C12H19NO2S/c1-5-16-12(13-2)9-6-7-10(14-3)11(8-9)15-4/h6-8,12-13H,5H2,1-4H3. The van der Waals surface area contributed by atoms with Crippen LogP contribution in [0.2, 0.25) is 0 Å². The lowest BCUT2D eigenvalue weighted by atomic mass is 10.2. The first-order chi connectivity index (χ1) is 7.76. The summed E-state index contributed by atoms with van der Waals surface area (Å²) in [5.41, 5.74) is 1.20. The zero-order chi connectivity index (χ0) is 12.0. The number of nitrogens with one attached hydrogen (secondary N) is 1. The first-order valence-electron chi connectivity index (χ1n) is 5.27. The molecule has 0 aromatic heterocycles. The van der Waals surface area contributed by atoms with Crippen molar-refractivity contribution in [2.75, 3.05) is 27.0 Å². The van der Waals surface area contributed by atoms with Gasteiger partial charge in [-0.1, -0.05) is 13.0 Å². The molecule has 1 N–H and O–H groups in total. The van der Waals surface area contributed by atoms with Gasteiger partial charge in [-0.25, -0.2) is 0 Å². The van der Waals surface area contributed by atoms with Crippen LogP contribution in [0.25, 0.3) is 0 Å². The highest BCUT2D eigenvalue weighted by Gasteiger charge is 2.11. The van der Waals surface area contributed by atoms with Crippen molar-refractivity contribution >= 4 is 11.8 Å². The van der Waals surface area contributed by atoms with E-state index in [2.05, 4.69) is 18.3 Å². The number of thioether (sulfide) groups is 1. The van der Waals surface area contributed by atoms with Gasteiger partial charge in [-0.05, 0) is 30.5 Å². The van der Waals surface area contributed by atoms with Crippen LogP contribution in [0, 0.1) is 0 Å². The summed E-state index contributed by atoms with van der Waals surface area (Å²) < 4.78 is 10.5. The van der Waals surface area contributed by atoms with E-state index in [4.69, 9.17) is 9.47 Å². The van der Waals surface area contributed by atoms with E-state index in [0.717, 1.165) is 17.3 Å². The number of rotatable bonds is 6. The van der Waals surface area contributed by atoms with Crippen molar-refractivity contribution in [3.05, 3.63) is 23.8 Å². The quantitative estimate of drug-likeness (QED) is 0.776. The molecule has 0 heterocycles. The molecule has 0 aliphatic rings. The number of benzene rings is 1. The van der Waals surface area contributed by atoms with Crippen molar-refractivity contribution in [1.82, 2.24) is 5.32 Å². The molecule has 16 heavy (non-hydrogen) atoms. The van der Waals surface area contributed by atoms with Gasteiger partial charge in [0.2, 0.25) is 0 Å². The molecule has 0 amide bonds. The molecule has 0 fully saturated rings. The highest BCUT2D eigenvalue weighted by atomic mass is 32.2. The average molecular weight is 241 g/mol. The SMILES string of the molecule is CCSC(NC)c1ccc(OC)c(OC)c1. The number of hydrogen-bond acceptors (Lipinski definition) is 4. The molecule has 1 aromatic carbocycles. The lowest BCUT2D eigenvalue weighted by Crippen LogP contribution is -2.13. The van der Waals surface area contributed by atoms with Crippen molar-refractivity contribution < 1.29 is 9.47 Å². The Bertz CT molecular complexity index is 331. The first-order valence-corrected chi connectivity index (χ1v) is 6.32. The third-order valence-electron chi connectivity index (χ3n) is 2.31. The van der Waals surface area contributed by atoms with Gasteiger partial charge in [-0.2, -0.15) is 0 Å². The Hall–Kier alpha value is -0.870. The molecule has 0 radical (unpaired) electrons. The molecule has 0 aliphatic carbocycles. The summed E-state index contributed by atoms with van der Waals surface area (Å²) in [6.45, 7) is 2.15. The summed E-state index contributed by atoms with van der Waals surface area (Å²) in [6.07, 6.45) is 0. The Morgan fingerprint density at radius 2 is 1.94 bits per heavy atom. The third-order valence-corrected chi connectivity index (χ3v) is 3.48. The topological polar surface area (TPSA) is 30.5 Å². The molecule has 1 aromatic rings. The third kappa shape index (κ3) is 3.06. The minimum Gasteiger partial charge on any atom is -0.493 e. The predicted octanol–water partition coefficient (Wildman–Crippen LogP) is 2.67. The van der Waals surface area contributed by atoms with Crippen LogP contribution in [0.15, 0.2) is 18.2 Å². The predicted molar refractivity (Wildman–Crippen MR) is 69.5 cm³/mol. The van der Waals surface area contributed by atoms with E-state index in [1.165, 1.54) is 5.56 Å². The van der Waals surface area contributed by atoms with Crippen molar-refractivity contribution in [2.45, 2.75) is 12.3 Å². The minimum atomic E-state index is 0.296. The molecule has 1 unspecified atom stereocenters. The van der Waals surface area contributed by atoms with E-state index >= 15 is 0 Å². The van der Waals surface area contributed by atoms with E-state index in [9.17, 15) is 0 Å². The normalized spacial score (nSPS) is 12.2. The molecule has 0 aliphatic heterocycles. The molecule has 4 heteroatoms. The van der Waals surface area contributed by atoms with Gasteiger partial charge in [0, 0.05) is 0 Å². The van der Waals surface area contributed by atoms with Gasteiger partial charge in [-0.3, -0.25) is 0 Å². The summed E-state index contributed by atoms with van der Waals surface area (Å²) in [5, 5.41) is 3.57. The molecule has 90 valence electrons. The monoisotopic (exact) mass is 241 g/mol. The Morgan fingerprint density at radius 1 is 1.25 bits per heavy atom. The molecule has 0 saturated heterocycles. The fraction of sp³-hybridized carbons (Fsp3) is 0.500. The van der Waals surface area contributed by atoms with Crippen molar-refractivity contribution in [2.24, 2.45) is 0 Å². The van der Waals surface area contributed by atoms with E-state index in [-0.39, 0.29) is 0 Å². The molecular formula is C12H19NO2S.